The average Bonchev–Trinajstić information content (AvgIpc) is 3.27. The van der Waals surface area contributed by atoms with Crippen LogP contribution in [0.1, 0.15) is 48.2 Å². The van der Waals surface area contributed by atoms with Gasteiger partial charge in [-0.3, -0.25) is 14.6 Å². The topological polar surface area (TPSA) is 95.2 Å². The number of hydrogen-bond donors (Lipinski definition) is 2. The second-order valence-electron chi connectivity index (χ2n) is 8.27. The van der Waals surface area contributed by atoms with Crippen molar-refractivity contribution < 1.29 is 13.2 Å². The zero-order valence-electron chi connectivity index (χ0n) is 16.8. The van der Waals surface area contributed by atoms with E-state index in [1.807, 2.05) is 0 Å². The van der Waals surface area contributed by atoms with Gasteiger partial charge in [0, 0.05) is 35.1 Å². The average molecular weight is 425 g/mol. The minimum Gasteiger partial charge on any atom is -0.311 e. The van der Waals surface area contributed by atoms with E-state index in [0.717, 1.165) is 17.8 Å². The van der Waals surface area contributed by atoms with E-state index in [4.69, 9.17) is 0 Å². The first-order valence-electron chi connectivity index (χ1n) is 10.3. The number of benzene rings is 2. The Morgan fingerprint density at radius 1 is 1.17 bits per heavy atom. The fourth-order valence-corrected chi connectivity index (χ4v) is 5.95. The van der Waals surface area contributed by atoms with Gasteiger partial charge in [-0.2, -0.15) is 5.10 Å². The van der Waals surface area contributed by atoms with Crippen molar-refractivity contribution in [2.75, 3.05) is 16.7 Å². The standard InChI is InChI=1S/C22H24N4O3S/c1-26-18-10-11-19(16-8-5-9-17(21(16)18)22(26)27)30(28,29)25-20-13-15(23-24-20)12-14-6-3-2-4-7-14/h5,8-11,13-14H,2-4,6-7,12H2,1H3,(H2,23,24,25). The summed E-state index contributed by atoms with van der Waals surface area (Å²) in [5.74, 6) is 0.796. The molecule has 0 bridgehead atoms. The fourth-order valence-electron chi connectivity index (χ4n) is 4.76. The van der Waals surface area contributed by atoms with E-state index >= 15 is 0 Å². The Kier molecular flexibility index (Phi) is 4.54. The zero-order valence-corrected chi connectivity index (χ0v) is 17.6. The fraction of sp³-hybridized carbons (Fsp3) is 0.364. The summed E-state index contributed by atoms with van der Waals surface area (Å²) in [6, 6.07) is 10.2. The van der Waals surface area contributed by atoms with E-state index in [-0.39, 0.29) is 16.6 Å². The molecular weight excluding hydrogens is 400 g/mol. The molecule has 2 heterocycles. The van der Waals surface area contributed by atoms with Crippen molar-refractivity contribution in [3.05, 3.63) is 47.7 Å². The quantitative estimate of drug-likeness (QED) is 0.645. The van der Waals surface area contributed by atoms with Gasteiger partial charge in [0.25, 0.3) is 15.9 Å². The van der Waals surface area contributed by atoms with Crippen molar-refractivity contribution in [1.29, 1.82) is 0 Å². The van der Waals surface area contributed by atoms with Crippen molar-refractivity contribution in [3.63, 3.8) is 0 Å². The SMILES string of the molecule is CN1C(=O)c2cccc3c(S(=O)(=O)Nc4cc(CC5CCCCC5)[nH]n4)ccc1c23. The maximum Gasteiger partial charge on any atom is 0.263 e. The summed E-state index contributed by atoms with van der Waals surface area (Å²) >= 11 is 0. The molecule has 2 aliphatic rings. The molecule has 0 atom stereocenters. The molecule has 2 N–H and O–H groups in total. The Labute approximate surface area is 175 Å². The monoisotopic (exact) mass is 424 g/mol. The molecule has 3 aromatic rings. The van der Waals surface area contributed by atoms with Crippen LogP contribution in [0.3, 0.4) is 0 Å². The minimum atomic E-state index is -3.86. The van der Waals surface area contributed by atoms with Crippen molar-refractivity contribution in [2.45, 2.75) is 43.4 Å². The molecule has 1 aliphatic carbocycles. The van der Waals surface area contributed by atoms with Gasteiger partial charge < -0.3 is 4.90 Å². The lowest BCUT2D eigenvalue weighted by molar-refractivity contribution is 0.0999. The van der Waals surface area contributed by atoms with Gasteiger partial charge in [0.1, 0.15) is 0 Å². The first kappa shape index (κ1) is 19.1. The number of H-pyrrole nitrogens is 1. The van der Waals surface area contributed by atoms with Gasteiger partial charge in [-0.25, -0.2) is 8.42 Å². The number of aromatic amines is 1. The number of carbonyl (C=O) groups is 1. The number of nitrogens with zero attached hydrogens (tertiary/aromatic N) is 2. The van der Waals surface area contributed by atoms with Crippen molar-refractivity contribution in [1.82, 2.24) is 10.2 Å². The molecule has 1 amide bonds. The first-order valence-corrected chi connectivity index (χ1v) is 11.8. The third-order valence-electron chi connectivity index (χ3n) is 6.27. The summed E-state index contributed by atoms with van der Waals surface area (Å²) < 4.78 is 28.9. The van der Waals surface area contributed by atoms with Crippen molar-refractivity contribution in [3.8, 4) is 0 Å². The maximum absolute atomic E-state index is 13.2. The van der Waals surface area contributed by atoms with Crippen LogP contribution in [0.4, 0.5) is 11.5 Å². The van der Waals surface area contributed by atoms with Gasteiger partial charge in [-0.05, 0) is 30.5 Å². The molecule has 7 nitrogen and oxygen atoms in total. The molecule has 2 aromatic carbocycles. The number of sulfonamides is 1. The Morgan fingerprint density at radius 2 is 1.97 bits per heavy atom. The molecule has 1 aromatic heterocycles. The Morgan fingerprint density at radius 3 is 2.77 bits per heavy atom. The highest BCUT2D eigenvalue weighted by Crippen LogP contribution is 2.39. The van der Waals surface area contributed by atoms with E-state index in [0.29, 0.717) is 22.3 Å². The summed E-state index contributed by atoms with van der Waals surface area (Å²) in [4.78, 5) is 14.1. The highest BCUT2D eigenvalue weighted by atomic mass is 32.2. The Balaban J connectivity index is 1.44. The Bertz CT molecular complexity index is 1240. The number of rotatable bonds is 5. The Hall–Kier alpha value is -2.87. The molecule has 1 aliphatic heterocycles. The molecule has 1 fully saturated rings. The third kappa shape index (κ3) is 3.15. The van der Waals surface area contributed by atoms with Crippen molar-refractivity contribution >= 4 is 38.2 Å². The molecule has 30 heavy (non-hydrogen) atoms. The summed E-state index contributed by atoms with van der Waals surface area (Å²) in [6.07, 6.45) is 7.16. The number of anilines is 2. The molecule has 1 saturated carbocycles. The van der Waals surface area contributed by atoms with E-state index in [2.05, 4.69) is 14.9 Å². The third-order valence-corrected chi connectivity index (χ3v) is 7.68. The van der Waals surface area contributed by atoms with Crippen LogP contribution in [0.2, 0.25) is 0 Å². The summed E-state index contributed by atoms with van der Waals surface area (Å²) in [7, 11) is -2.17. The summed E-state index contributed by atoms with van der Waals surface area (Å²) in [5, 5.41) is 8.35. The zero-order chi connectivity index (χ0) is 20.9. The van der Waals surface area contributed by atoms with Crippen LogP contribution in [0.5, 0.6) is 0 Å². The van der Waals surface area contributed by atoms with Crippen LogP contribution < -0.4 is 9.62 Å². The van der Waals surface area contributed by atoms with Crippen LogP contribution in [0.25, 0.3) is 10.8 Å². The smallest absolute Gasteiger partial charge is 0.263 e. The van der Waals surface area contributed by atoms with Gasteiger partial charge in [0.15, 0.2) is 5.82 Å². The molecule has 0 spiro atoms. The number of hydrogen-bond acceptors (Lipinski definition) is 4. The highest BCUT2D eigenvalue weighted by Gasteiger charge is 2.30. The summed E-state index contributed by atoms with van der Waals surface area (Å²) in [6.45, 7) is 0. The normalized spacial score (nSPS) is 17.1. The predicted molar refractivity (Wildman–Crippen MR) is 116 cm³/mol. The van der Waals surface area contributed by atoms with E-state index in [9.17, 15) is 13.2 Å². The van der Waals surface area contributed by atoms with Crippen LogP contribution in [0.15, 0.2) is 41.3 Å². The lowest BCUT2D eigenvalue weighted by atomic mass is 9.86. The van der Waals surface area contributed by atoms with Crippen LogP contribution in [-0.4, -0.2) is 31.6 Å². The van der Waals surface area contributed by atoms with E-state index in [1.54, 1.807) is 48.3 Å². The van der Waals surface area contributed by atoms with Crippen LogP contribution in [0, 0.1) is 5.92 Å². The molecule has 0 radical (unpaired) electrons. The maximum atomic E-state index is 13.2. The molecule has 0 unspecified atom stereocenters. The van der Waals surface area contributed by atoms with Gasteiger partial charge >= 0.3 is 0 Å². The van der Waals surface area contributed by atoms with Gasteiger partial charge in [0.05, 0.1) is 10.6 Å². The molecule has 0 saturated heterocycles. The van der Waals surface area contributed by atoms with Gasteiger partial charge in [-0.15, -0.1) is 0 Å². The number of carbonyl (C=O) groups excluding carboxylic acids is 1. The van der Waals surface area contributed by atoms with Crippen LogP contribution in [-0.2, 0) is 16.4 Å². The lowest BCUT2D eigenvalue weighted by Gasteiger charge is -2.20. The molecular formula is C22H24N4O3S. The van der Waals surface area contributed by atoms with E-state index in [1.165, 1.54) is 32.1 Å². The minimum absolute atomic E-state index is 0.127. The largest absolute Gasteiger partial charge is 0.311 e. The molecule has 156 valence electrons. The molecule has 8 heteroatoms. The number of nitrogens with one attached hydrogen (secondary N) is 2. The van der Waals surface area contributed by atoms with Gasteiger partial charge in [0.2, 0.25) is 0 Å². The predicted octanol–water partition coefficient (Wildman–Crippen LogP) is 4.08. The lowest BCUT2D eigenvalue weighted by Crippen LogP contribution is -2.20. The van der Waals surface area contributed by atoms with Gasteiger partial charge in [-0.1, -0.05) is 44.2 Å². The van der Waals surface area contributed by atoms with E-state index < -0.39 is 10.0 Å². The van der Waals surface area contributed by atoms with Crippen LogP contribution >= 0.6 is 0 Å². The first-order chi connectivity index (χ1) is 14.4. The number of aromatic nitrogens is 2. The van der Waals surface area contributed by atoms with Crippen molar-refractivity contribution in [2.24, 2.45) is 5.92 Å². The second kappa shape index (κ2) is 7.12. The highest BCUT2D eigenvalue weighted by molar-refractivity contribution is 7.93. The number of amides is 1. The second-order valence-corrected chi connectivity index (χ2v) is 9.92. The molecule has 5 rings (SSSR count). The summed E-state index contributed by atoms with van der Waals surface area (Å²) in [5.41, 5.74) is 2.20.